The Morgan fingerprint density at radius 2 is 0.417 bits per heavy atom. The Morgan fingerprint density at radius 1 is 0.417 bits per heavy atom. The SMILES string of the molecule is [Cu+2].[In+3].[SiH-]=[SiH2].[SiH-]=[SiH2].[SiH-]=[SiH2].[SiH-]=[SiH2].[SiH-]=[SiH2]. The molecule has 0 aliphatic carbocycles. The monoisotopic (exact) mass is 473 g/mol. The van der Waals surface area contributed by atoms with Crippen molar-refractivity contribution in [3.8, 4) is 0 Å². The molecule has 12 heavy (non-hydrogen) atoms. The van der Waals surface area contributed by atoms with E-state index in [1.807, 2.05) is 0 Å². The van der Waals surface area contributed by atoms with Gasteiger partial charge in [0.1, 0.15) is 0 Å². The van der Waals surface area contributed by atoms with Gasteiger partial charge in [-0.1, -0.05) is 0 Å². The summed E-state index contributed by atoms with van der Waals surface area (Å²) in [6.07, 6.45) is 0. The summed E-state index contributed by atoms with van der Waals surface area (Å²) in [5.74, 6) is 0. The molecule has 0 unspecified atom stereocenters. The van der Waals surface area contributed by atoms with E-state index in [2.05, 4.69) is 46.7 Å². The van der Waals surface area contributed by atoms with Crippen molar-refractivity contribution in [3.63, 3.8) is 0 Å². The zero-order valence-electron chi connectivity index (χ0n) is 7.30. The topological polar surface area (TPSA) is 0 Å². The first kappa shape index (κ1) is 45.0. The Balaban J connectivity index is -0.00000000500. The van der Waals surface area contributed by atoms with Gasteiger partial charge in [-0.3, -0.25) is 0 Å². The van der Waals surface area contributed by atoms with Crippen LogP contribution in [0, 0.1) is 0 Å². The summed E-state index contributed by atoms with van der Waals surface area (Å²) in [6.45, 7) is 0. The molecule has 0 bridgehead atoms. The van der Waals surface area contributed by atoms with E-state index in [4.69, 9.17) is 0 Å². The normalized spacial score (nSPS) is 1.67. The Bertz CT molecular complexity index is 21.4. The maximum Gasteiger partial charge on any atom is 3.00 e. The average Bonchev–Trinajstić information content (AvgIpc) is 2.20. The van der Waals surface area contributed by atoms with E-state index < -0.39 is 0 Å². The van der Waals surface area contributed by atoms with Crippen molar-refractivity contribution in [1.29, 1.82) is 0 Å². The van der Waals surface area contributed by atoms with E-state index in [1.165, 1.54) is 0 Å². The van der Waals surface area contributed by atoms with Gasteiger partial charge in [0, 0.05) is 0 Å². The van der Waals surface area contributed by atoms with E-state index in [-0.39, 0.29) is 42.9 Å². The smallest absolute Gasteiger partial charge is 0.487 e. The van der Waals surface area contributed by atoms with Gasteiger partial charge >= 0.3 is 42.9 Å². The second kappa shape index (κ2) is 211. The first-order chi connectivity index (χ1) is 5.00. The fraction of sp³-hybridized carbons (Fsp3) is 0. The van der Waals surface area contributed by atoms with E-state index >= 15 is 0 Å². The van der Waals surface area contributed by atoms with Crippen molar-refractivity contribution in [2.45, 2.75) is 0 Å². The van der Waals surface area contributed by atoms with Crippen LogP contribution in [-0.4, -0.2) is 119 Å². The Labute approximate surface area is 134 Å². The molecule has 0 N–H and O–H groups in total. The van der Waals surface area contributed by atoms with E-state index in [9.17, 15) is 0 Å². The average molecular weight is 474 g/mol. The van der Waals surface area contributed by atoms with Gasteiger partial charge in [-0.05, 0) is 0 Å². The quantitative estimate of drug-likeness (QED) is 0.306. The summed E-state index contributed by atoms with van der Waals surface area (Å²) in [5.41, 5.74) is 0. The zero-order valence-corrected chi connectivity index (χ0v) is 24.4. The maximum atomic E-state index is 2.44. The predicted molar refractivity (Wildman–Crippen MR) is 84.2 cm³/mol. The minimum atomic E-state index is 0. The third-order valence-corrected chi connectivity index (χ3v) is 0. The molecule has 0 rings (SSSR count). The summed E-state index contributed by atoms with van der Waals surface area (Å²) in [5, 5.41) is 0. The van der Waals surface area contributed by atoms with Crippen molar-refractivity contribution >= 4 is 119 Å². The van der Waals surface area contributed by atoms with Gasteiger partial charge < -0.3 is 46.7 Å². The minimum absolute atomic E-state index is 0. The van der Waals surface area contributed by atoms with Crippen molar-refractivity contribution in [2.75, 3.05) is 0 Å². The number of rotatable bonds is 0. The van der Waals surface area contributed by atoms with Crippen LogP contribution in [0.5, 0.6) is 0 Å². The molecule has 0 saturated heterocycles. The summed E-state index contributed by atoms with van der Waals surface area (Å²) in [4.78, 5) is 0. The first-order valence-electron chi connectivity index (χ1n) is 2.04. The fourth-order valence-electron chi connectivity index (χ4n) is 0. The van der Waals surface area contributed by atoms with Crippen molar-refractivity contribution in [1.82, 2.24) is 0 Å². The molecule has 0 amide bonds. The molecule has 0 aliphatic rings. The first-order valence-corrected chi connectivity index (χ1v) is 18.4. The Morgan fingerprint density at radius 3 is 0.417 bits per heavy atom. The van der Waals surface area contributed by atoms with Crippen molar-refractivity contribution in [3.05, 3.63) is 0 Å². The van der Waals surface area contributed by atoms with Crippen LogP contribution in [0.2, 0.25) is 0 Å². The van der Waals surface area contributed by atoms with Gasteiger partial charge in [0.25, 0.3) is 0 Å². The van der Waals surface area contributed by atoms with Gasteiger partial charge in [-0.25, -0.2) is 46.7 Å². The summed E-state index contributed by atoms with van der Waals surface area (Å²) >= 11 is 0. The third-order valence-electron chi connectivity index (χ3n) is 0. The molecule has 0 aromatic carbocycles. The van der Waals surface area contributed by atoms with Gasteiger partial charge in [0.2, 0.25) is 0 Å². The molecule has 0 heterocycles. The molecular formula is H15CuInSi10. The van der Waals surface area contributed by atoms with Crippen LogP contribution in [0.4, 0.5) is 0 Å². The van der Waals surface area contributed by atoms with Crippen LogP contribution < -0.4 is 0 Å². The van der Waals surface area contributed by atoms with Crippen LogP contribution in [0.15, 0.2) is 0 Å². The van der Waals surface area contributed by atoms with E-state index in [0.717, 1.165) is 0 Å². The van der Waals surface area contributed by atoms with Gasteiger partial charge in [0.15, 0.2) is 0 Å². The van der Waals surface area contributed by atoms with Gasteiger partial charge in [-0.2, -0.15) is 0 Å². The molecule has 0 atom stereocenters. The maximum absolute atomic E-state index is 2.44. The van der Waals surface area contributed by atoms with Crippen LogP contribution >= 0.6 is 0 Å². The predicted octanol–water partition coefficient (Wildman–Crippen LogP) is -8.21. The molecule has 0 aromatic rings. The molecule has 0 aliphatic heterocycles. The molecular weight excluding hydrogens is 459 g/mol. The largest absolute Gasteiger partial charge is 3.00 e. The van der Waals surface area contributed by atoms with Crippen LogP contribution in [0.25, 0.3) is 0 Å². The second-order valence-electron chi connectivity index (χ2n) is 0. The second-order valence-corrected chi connectivity index (χ2v) is 0. The van der Waals surface area contributed by atoms with Crippen molar-refractivity contribution < 1.29 is 17.1 Å². The number of hydrogen-bond acceptors (Lipinski definition) is 0. The summed E-state index contributed by atoms with van der Waals surface area (Å²) < 4.78 is 0. The summed E-state index contributed by atoms with van der Waals surface area (Å²) in [6, 6.07) is 0. The molecule has 0 spiro atoms. The molecule has 12 heteroatoms. The third kappa shape index (κ3) is 169. The fourth-order valence-corrected chi connectivity index (χ4v) is 0. The molecule has 0 nitrogen and oxygen atoms in total. The van der Waals surface area contributed by atoms with Crippen molar-refractivity contribution in [2.24, 2.45) is 0 Å². The molecule has 0 saturated carbocycles. The van der Waals surface area contributed by atoms with E-state index in [1.54, 1.807) is 46.7 Å². The molecule has 0 fully saturated rings. The minimum Gasteiger partial charge on any atom is -0.487 e. The zero-order chi connectivity index (χ0) is 10.0. The van der Waals surface area contributed by atoms with E-state index in [0.29, 0.717) is 0 Å². The van der Waals surface area contributed by atoms with Crippen LogP contribution in [0.3, 0.4) is 0 Å². The van der Waals surface area contributed by atoms with Gasteiger partial charge in [0.05, 0.1) is 0 Å². The molecule has 69 valence electrons. The Hall–Kier alpha value is 3.56. The molecule has 1 radical (unpaired) electrons. The standard InChI is InChI=1S/Cu.In.5H3Si2/c;;5*1-2/h;;5*1H,2H2/q+2;+3;5*-1. The molecule has 0 aromatic heterocycles. The Kier molecular flexibility index (Phi) is 793. The van der Waals surface area contributed by atoms with Gasteiger partial charge in [-0.15, -0.1) is 0 Å². The summed E-state index contributed by atoms with van der Waals surface area (Å²) in [7, 11) is 21.1. The number of hydrogen-bond donors (Lipinski definition) is 0. The van der Waals surface area contributed by atoms with Crippen LogP contribution in [0.1, 0.15) is 0 Å². The van der Waals surface area contributed by atoms with Crippen LogP contribution in [-0.2, 0) is 17.1 Å².